The summed E-state index contributed by atoms with van der Waals surface area (Å²) in [7, 11) is 0. The lowest BCUT2D eigenvalue weighted by atomic mass is 9.93. The van der Waals surface area contributed by atoms with Gasteiger partial charge in [0.1, 0.15) is 0 Å². The number of carbonyl (C=O) groups is 1. The summed E-state index contributed by atoms with van der Waals surface area (Å²) in [5.74, 6) is 0.403. The van der Waals surface area contributed by atoms with Crippen LogP contribution < -0.4 is 5.32 Å². The molecule has 0 fully saturated rings. The SMILES string of the molecule is CC(C)c1ccc(-c2ccccc2)cc1NC(=O)C(C)(C)C. The second-order valence-electron chi connectivity index (χ2n) is 7.03. The highest BCUT2D eigenvalue weighted by atomic mass is 16.2. The van der Waals surface area contributed by atoms with Crippen molar-refractivity contribution in [3.05, 3.63) is 54.1 Å². The summed E-state index contributed by atoms with van der Waals surface area (Å²) in [6, 6.07) is 16.5. The van der Waals surface area contributed by atoms with Crippen LogP contribution in [0.3, 0.4) is 0 Å². The highest BCUT2D eigenvalue weighted by Gasteiger charge is 2.22. The van der Waals surface area contributed by atoms with Gasteiger partial charge in [0.2, 0.25) is 5.91 Å². The van der Waals surface area contributed by atoms with Crippen molar-refractivity contribution in [1.29, 1.82) is 0 Å². The molecule has 0 saturated carbocycles. The summed E-state index contributed by atoms with van der Waals surface area (Å²) >= 11 is 0. The van der Waals surface area contributed by atoms with Crippen LogP contribution in [0.2, 0.25) is 0 Å². The molecule has 2 aromatic rings. The molecule has 0 heterocycles. The van der Waals surface area contributed by atoms with E-state index in [2.05, 4.69) is 49.5 Å². The molecular formula is C20H25NO. The van der Waals surface area contributed by atoms with Crippen molar-refractivity contribution in [2.45, 2.75) is 40.5 Å². The maximum absolute atomic E-state index is 12.3. The molecule has 116 valence electrons. The third-order valence-corrected chi connectivity index (χ3v) is 3.71. The highest BCUT2D eigenvalue weighted by molar-refractivity contribution is 5.96. The van der Waals surface area contributed by atoms with Gasteiger partial charge in [-0.15, -0.1) is 0 Å². The summed E-state index contributed by atoms with van der Waals surface area (Å²) in [4.78, 5) is 12.3. The van der Waals surface area contributed by atoms with Crippen LogP contribution >= 0.6 is 0 Å². The van der Waals surface area contributed by atoms with Gasteiger partial charge in [0.05, 0.1) is 0 Å². The molecule has 0 bridgehead atoms. The van der Waals surface area contributed by atoms with Gasteiger partial charge in [-0.3, -0.25) is 4.79 Å². The predicted molar refractivity (Wildman–Crippen MR) is 94.1 cm³/mol. The van der Waals surface area contributed by atoms with E-state index in [9.17, 15) is 4.79 Å². The van der Waals surface area contributed by atoms with Crippen LogP contribution in [-0.2, 0) is 4.79 Å². The van der Waals surface area contributed by atoms with E-state index in [0.717, 1.165) is 22.4 Å². The van der Waals surface area contributed by atoms with Crippen molar-refractivity contribution < 1.29 is 4.79 Å². The highest BCUT2D eigenvalue weighted by Crippen LogP contribution is 2.31. The number of benzene rings is 2. The Labute approximate surface area is 133 Å². The van der Waals surface area contributed by atoms with E-state index >= 15 is 0 Å². The Kier molecular flexibility index (Phi) is 4.70. The standard InChI is InChI=1S/C20H25NO/c1-14(2)17-12-11-16(15-9-7-6-8-10-15)13-18(17)21-19(22)20(3,4)5/h6-14H,1-5H3,(H,21,22). The van der Waals surface area contributed by atoms with Crippen LogP contribution in [0.4, 0.5) is 5.69 Å². The summed E-state index contributed by atoms with van der Waals surface area (Å²) in [5.41, 5.74) is 3.95. The van der Waals surface area contributed by atoms with Gasteiger partial charge < -0.3 is 5.32 Å². The first kappa shape index (κ1) is 16.3. The van der Waals surface area contributed by atoms with Gasteiger partial charge in [0.15, 0.2) is 0 Å². The molecule has 2 aromatic carbocycles. The maximum atomic E-state index is 12.3. The topological polar surface area (TPSA) is 29.1 Å². The average Bonchev–Trinajstić information content (AvgIpc) is 2.47. The molecule has 0 spiro atoms. The number of anilines is 1. The van der Waals surface area contributed by atoms with Gasteiger partial charge in [-0.05, 0) is 28.7 Å². The third kappa shape index (κ3) is 3.76. The molecule has 0 aliphatic heterocycles. The Morgan fingerprint density at radius 3 is 2.14 bits per heavy atom. The van der Waals surface area contributed by atoms with Gasteiger partial charge in [-0.2, -0.15) is 0 Å². The zero-order valence-electron chi connectivity index (χ0n) is 14.1. The fourth-order valence-electron chi connectivity index (χ4n) is 2.29. The van der Waals surface area contributed by atoms with E-state index in [0.29, 0.717) is 5.92 Å². The molecule has 0 unspecified atom stereocenters. The zero-order chi connectivity index (χ0) is 16.3. The first-order valence-electron chi connectivity index (χ1n) is 7.80. The van der Waals surface area contributed by atoms with Crippen molar-refractivity contribution >= 4 is 11.6 Å². The minimum absolute atomic E-state index is 0.0413. The van der Waals surface area contributed by atoms with Gasteiger partial charge in [0.25, 0.3) is 0 Å². The number of hydrogen-bond acceptors (Lipinski definition) is 1. The van der Waals surface area contributed by atoms with Crippen molar-refractivity contribution in [2.75, 3.05) is 5.32 Å². The molecule has 2 rings (SSSR count). The minimum Gasteiger partial charge on any atom is -0.325 e. The monoisotopic (exact) mass is 295 g/mol. The smallest absolute Gasteiger partial charge is 0.229 e. The van der Waals surface area contributed by atoms with Crippen molar-refractivity contribution in [3.8, 4) is 11.1 Å². The van der Waals surface area contributed by atoms with Crippen LogP contribution in [-0.4, -0.2) is 5.91 Å². The molecule has 0 aliphatic rings. The summed E-state index contributed by atoms with van der Waals surface area (Å²) < 4.78 is 0. The quantitative estimate of drug-likeness (QED) is 0.800. The van der Waals surface area contributed by atoms with Crippen LogP contribution in [0.1, 0.15) is 46.1 Å². The first-order valence-corrected chi connectivity index (χ1v) is 7.80. The molecule has 22 heavy (non-hydrogen) atoms. The molecule has 1 amide bonds. The number of carbonyl (C=O) groups excluding carboxylic acids is 1. The maximum Gasteiger partial charge on any atom is 0.229 e. The molecule has 0 saturated heterocycles. The van der Waals surface area contributed by atoms with Gasteiger partial charge in [0, 0.05) is 11.1 Å². The zero-order valence-corrected chi connectivity index (χ0v) is 14.1. The van der Waals surface area contributed by atoms with Crippen LogP contribution in [0, 0.1) is 5.41 Å². The van der Waals surface area contributed by atoms with E-state index in [-0.39, 0.29) is 5.91 Å². The largest absolute Gasteiger partial charge is 0.325 e. The van der Waals surface area contributed by atoms with E-state index in [1.54, 1.807) is 0 Å². The van der Waals surface area contributed by atoms with E-state index in [4.69, 9.17) is 0 Å². The summed E-state index contributed by atoms with van der Waals surface area (Å²) in [6.07, 6.45) is 0. The fourth-order valence-corrected chi connectivity index (χ4v) is 2.29. The van der Waals surface area contributed by atoms with E-state index in [1.165, 1.54) is 0 Å². The lowest BCUT2D eigenvalue weighted by molar-refractivity contribution is -0.123. The molecular weight excluding hydrogens is 270 g/mol. The second-order valence-corrected chi connectivity index (χ2v) is 7.03. The van der Waals surface area contributed by atoms with Crippen LogP contribution in [0.25, 0.3) is 11.1 Å². The number of nitrogens with one attached hydrogen (secondary N) is 1. The van der Waals surface area contributed by atoms with Crippen LogP contribution in [0.15, 0.2) is 48.5 Å². The Morgan fingerprint density at radius 2 is 1.59 bits per heavy atom. The normalized spacial score (nSPS) is 11.5. The number of rotatable bonds is 3. The van der Waals surface area contributed by atoms with Crippen molar-refractivity contribution in [3.63, 3.8) is 0 Å². The minimum atomic E-state index is -0.406. The van der Waals surface area contributed by atoms with Crippen LogP contribution in [0.5, 0.6) is 0 Å². The lowest BCUT2D eigenvalue weighted by Crippen LogP contribution is -2.28. The Bertz CT molecular complexity index is 651. The second kappa shape index (κ2) is 6.35. The Hall–Kier alpha value is -2.09. The molecule has 1 N–H and O–H groups in total. The molecule has 0 aliphatic carbocycles. The molecule has 2 nitrogen and oxygen atoms in total. The van der Waals surface area contributed by atoms with Crippen molar-refractivity contribution in [2.24, 2.45) is 5.41 Å². The Balaban J connectivity index is 2.43. The lowest BCUT2D eigenvalue weighted by Gasteiger charge is -2.21. The average molecular weight is 295 g/mol. The van der Waals surface area contributed by atoms with Gasteiger partial charge in [-0.25, -0.2) is 0 Å². The third-order valence-electron chi connectivity index (χ3n) is 3.71. The van der Waals surface area contributed by atoms with Crippen molar-refractivity contribution in [1.82, 2.24) is 0 Å². The van der Waals surface area contributed by atoms with Gasteiger partial charge >= 0.3 is 0 Å². The van der Waals surface area contributed by atoms with Gasteiger partial charge in [-0.1, -0.05) is 77.1 Å². The van der Waals surface area contributed by atoms with E-state index < -0.39 is 5.41 Å². The first-order chi connectivity index (χ1) is 10.3. The summed E-state index contributed by atoms with van der Waals surface area (Å²) in [6.45, 7) is 10.1. The molecule has 0 radical (unpaired) electrons. The fraction of sp³-hybridized carbons (Fsp3) is 0.350. The molecule has 0 atom stereocenters. The predicted octanol–water partition coefficient (Wildman–Crippen LogP) is 5.46. The molecule has 0 aromatic heterocycles. The summed E-state index contributed by atoms with van der Waals surface area (Å²) in [5, 5.41) is 3.10. The Morgan fingerprint density at radius 1 is 0.955 bits per heavy atom. The molecule has 2 heteroatoms. The number of amides is 1. The number of hydrogen-bond donors (Lipinski definition) is 1. The van der Waals surface area contributed by atoms with E-state index in [1.807, 2.05) is 39.0 Å².